The van der Waals surface area contributed by atoms with Gasteiger partial charge in [-0.3, -0.25) is 9.59 Å². The fourth-order valence-electron chi connectivity index (χ4n) is 3.62. The molecule has 1 aliphatic rings. The molecule has 1 atom stereocenters. The Kier molecular flexibility index (Phi) is 6.78. The van der Waals surface area contributed by atoms with Crippen molar-refractivity contribution < 1.29 is 22.3 Å². The van der Waals surface area contributed by atoms with Crippen LogP contribution in [0.4, 0.5) is 4.39 Å². The molecule has 0 aliphatic carbocycles. The third kappa shape index (κ3) is 5.49. The summed E-state index contributed by atoms with van der Waals surface area (Å²) in [4.78, 5) is 26.9. The van der Waals surface area contributed by atoms with Gasteiger partial charge >= 0.3 is 0 Å². The maximum absolute atomic E-state index is 14.4. The zero-order valence-electron chi connectivity index (χ0n) is 17.7. The van der Waals surface area contributed by atoms with Crippen LogP contribution in [0, 0.1) is 11.7 Å². The maximum Gasteiger partial charge on any atom is 0.267 e. The number of hydrogen-bond donors (Lipinski definition) is 0. The standard InChI is InChI=1S/C21H26FN3O5S/c1-14(2)11-24(15-8-9-31(28,29)13-15)21(27)12-25-20(26)7-6-19(23-25)17-5-4-16(30-3)10-18(17)22/h4-7,10,14-15H,8-9,11-13H2,1-3H3/t15-/m1/s1. The maximum atomic E-state index is 14.4. The Labute approximate surface area is 180 Å². The number of amides is 1. The highest BCUT2D eigenvalue weighted by Gasteiger charge is 2.35. The van der Waals surface area contributed by atoms with E-state index >= 15 is 0 Å². The van der Waals surface area contributed by atoms with Crippen LogP contribution < -0.4 is 10.3 Å². The Hall–Kier alpha value is -2.75. The summed E-state index contributed by atoms with van der Waals surface area (Å²) in [6.45, 7) is 3.89. The van der Waals surface area contributed by atoms with Crippen LogP contribution in [-0.2, 0) is 21.2 Å². The van der Waals surface area contributed by atoms with Crippen LogP contribution in [0.2, 0.25) is 0 Å². The molecule has 1 amide bonds. The van der Waals surface area contributed by atoms with Crippen molar-refractivity contribution in [1.29, 1.82) is 0 Å². The molecular weight excluding hydrogens is 425 g/mol. The van der Waals surface area contributed by atoms with Gasteiger partial charge in [-0.05, 0) is 30.5 Å². The molecular formula is C21H26FN3O5S. The second-order valence-corrected chi connectivity index (χ2v) is 10.3. The fourth-order valence-corrected chi connectivity index (χ4v) is 5.36. The van der Waals surface area contributed by atoms with E-state index < -0.39 is 33.2 Å². The van der Waals surface area contributed by atoms with Crippen LogP contribution in [-0.4, -0.2) is 60.2 Å². The quantitative estimate of drug-likeness (QED) is 0.636. The van der Waals surface area contributed by atoms with Crippen molar-refractivity contribution >= 4 is 15.7 Å². The number of sulfone groups is 1. The molecule has 31 heavy (non-hydrogen) atoms. The first kappa shape index (κ1) is 22.9. The van der Waals surface area contributed by atoms with Crippen LogP contribution >= 0.6 is 0 Å². The van der Waals surface area contributed by atoms with E-state index in [0.717, 1.165) is 4.68 Å². The molecule has 168 valence electrons. The molecule has 3 rings (SSSR count). The lowest BCUT2D eigenvalue weighted by Crippen LogP contribution is -2.46. The smallest absolute Gasteiger partial charge is 0.267 e. The average molecular weight is 452 g/mol. The molecule has 1 aliphatic heterocycles. The van der Waals surface area contributed by atoms with Gasteiger partial charge in [0.25, 0.3) is 5.56 Å². The summed E-state index contributed by atoms with van der Waals surface area (Å²) in [5, 5.41) is 4.17. The van der Waals surface area contributed by atoms with E-state index in [0.29, 0.717) is 18.7 Å². The molecule has 8 nitrogen and oxygen atoms in total. The topological polar surface area (TPSA) is 98.6 Å². The third-order valence-electron chi connectivity index (χ3n) is 5.14. The van der Waals surface area contributed by atoms with Crippen molar-refractivity contribution in [3.63, 3.8) is 0 Å². The molecule has 2 aromatic rings. The highest BCUT2D eigenvalue weighted by molar-refractivity contribution is 7.91. The first-order valence-corrected chi connectivity index (χ1v) is 11.8. The van der Waals surface area contributed by atoms with Gasteiger partial charge in [-0.1, -0.05) is 13.8 Å². The largest absolute Gasteiger partial charge is 0.497 e. The number of halogens is 1. The van der Waals surface area contributed by atoms with Gasteiger partial charge in [-0.25, -0.2) is 17.5 Å². The number of ether oxygens (including phenoxy) is 1. The predicted octanol–water partition coefficient (Wildman–Crippen LogP) is 1.73. The number of carbonyl (C=O) groups excluding carboxylic acids is 1. The number of nitrogens with zero attached hydrogens (tertiary/aromatic N) is 3. The molecule has 0 spiro atoms. The van der Waals surface area contributed by atoms with Crippen LogP contribution in [0.5, 0.6) is 5.75 Å². The first-order chi connectivity index (χ1) is 14.6. The zero-order valence-corrected chi connectivity index (χ0v) is 18.6. The van der Waals surface area contributed by atoms with Gasteiger partial charge < -0.3 is 9.64 Å². The Morgan fingerprint density at radius 3 is 2.65 bits per heavy atom. The van der Waals surface area contributed by atoms with E-state index in [1.165, 1.54) is 36.3 Å². The molecule has 1 aromatic heterocycles. The molecule has 1 aromatic carbocycles. The van der Waals surface area contributed by atoms with Gasteiger partial charge in [0.05, 0.1) is 24.3 Å². The second kappa shape index (κ2) is 9.17. The van der Waals surface area contributed by atoms with Gasteiger partial charge in [-0.2, -0.15) is 5.10 Å². The predicted molar refractivity (Wildman–Crippen MR) is 114 cm³/mol. The molecule has 2 heterocycles. The summed E-state index contributed by atoms with van der Waals surface area (Å²) in [5.41, 5.74) is -0.135. The molecule has 0 saturated carbocycles. The number of methoxy groups -OCH3 is 1. The Bertz CT molecular complexity index is 1130. The molecule has 0 N–H and O–H groups in total. The van der Waals surface area contributed by atoms with Crippen molar-refractivity contribution in [2.75, 3.05) is 25.2 Å². The highest BCUT2D eigenvalue weighted by Crippen LogP contribution is 2.24. The fraction of sp³-hybridized carbons (Fsp3) is 0.476. The monoisotopic (exact) mass is 451 g/mol. The van der Waals surface area contributed by atoms with Crippen molar-refractivity contribution in [2.24, 2.45) is 5.92 Å². The van der Waals surface area contributed by atoms with Gasteiger partial charge in [0.2, 0.25) is 5.91 Å². The molecule has 10 heteroatoms. The second-order valence-electron chi connectivity index (χ2n) is 8.06. The normalized spacial score (nSPS) is 17.6. The highest BCUT2D eigenvalue weighted by atomic mass is 32.2. The molecule has 0 bridgehead atoms. The van der Waals surface area contributed by atoms with E-state index in [4.69, 9.17) is 4.74 Å². The first-order valence-electron chi connectivity index (χ1n) is 10.0. The van der Waals surface area contributed by atoms with Crippen molar-refractivity contribution in [3.8, 4) is 17.0 Å². The third-order valence-corrected chi connectivity index (χ3v) is 6.89. The van der Waals surface area contributed by atoms with Crippen LogP contribution in [0.15, 0.2) is 35.1 Å². The zero-order chi connectivity index (χ0) is 22.8. The molecule has 0 unspecified atom stereocenters. The molecule has 1 fully saturated rings. The lowest BCUT2D eigenvalue weighted by atomic mass is 10.1. The van der Waals surface area contributed by atoms with Crippen molar-refractivity contribution in [2.45, 2.75) is 32.9 Å². The van der Waals surface area contributed by atoms with E-state index in [9.17, 15) is 22.4 Å². The van der Waals surface area contributed by atoms with E-state index in [-0.39, 0.29) is 35.2 Å². The van der Waals surface area contributed by atoms with E-state index in [1.54, 1.807) is 6.07 Å². The number of rotatable bonds is 7. The summed E-state index contributed by atoms with van der Waals surface area (Å²) >= 11 is 0. The minimum absolute atomic E-state index is 0.0456. The minimum Gasteiger partial charge on any atom is -0.497 e. The lowest BCUT2D eigenvalue weighted by Gasteiger charge is -2.30. The summed E-state index contributed by atoms with van der Waals surface area (Å²) in [5.74, 6) is -0.523. The van der Waals surface area contributed by atoms with E-state index in [2.05, 4.69) is 5.10 Å². The van der Waals surface area contributed by atoms with Gasteiger partial charge in [-0.15, -0.1) is 0 Å². The average Bonchev–Trinajstić information content (AvgIpc) is 3.07. The Morgan fingerprint density at radius 2 is 2.06 bits per heavy atom. The van der Waals surface area contributed by atoms with Crippen LogP contribution in [0.1, 0.15) is 20.3 Å². The van der Waals surface area contributed by atoms with Crippen molar-refractivity contribution in [3.05, 3.63) is 46.5 Å². The lowest BCUT2D eigenvalue weighted by molar-refractivity contribution is -0.134. The van der Waals surface area contributed by atoms with E-state index in [1.807, 2.05) is 13.8 Å². The summed E-state index contributed by atoms with van der Waals surface area (Å²) in [7, 11) is -1.75. The molecule has 0 radical (unpaired) electrons. The Balaban J connectivity index is 1.87. The Morgan fingerprint density at radius 1 is 1.32 bits per heavy atom. The summed E-state index contributed by atoms with van der Waals surface area (Å²) in [6.07, 6.45) is 0.375. The van der Waals surface area contributed by atoms with Crippen LogP contribution in [0.25, 0.3) is 11.3 Å². The number of benzene rings is 1. The molecule has 1 saturated heterocycles. The van der Waals surface area contributed by atoms with Gasteiger partial charge in [0.15, 0.2) is 9.84 Å². The number of aromatic nitrogens is 2. The summed E-state index contributed by atoms with van der Waals surface area (Å²) < 4.78 is 44.2. The van der Waals surface area contributed by atoms with Gasteiger partial charge in [0.1, 0.15) is 18.1 Å². The minimum atomic E-state index is -3.17. The van der Waals surface area contributed by atoms with Crippen LogP contribution in [0.3, 0.4) is 0 Å². The summed E-state index contributed by atoms with van der Waals surface area (Å²) in [6, 6.07) is 6.48. The number of hydrogen-bond acceptors (Lipinski definition) is 6. The van der Waals surface area contributed by atoms with Gasteiger partial charge in [0, 0.05) is 30.3 Å². The van der Waals surface area contributed by atoms with Crippen molar-refractivity contribution in [1.82, 2.24) is 14.7 Å². The number of carbonyl (C=O) groups is 1. The SMILES string of the molecule is COc1ccc(-c2ccc(=O)n(CC(=O)N(CC(C)C)[C@@H]3CCS(=O)(=O)C3)n2)c(F)c1.